The van der Waals surface area contributed by atoms with Gasteiger partial charge in [-0.1, -0.05) is 5.16 Å². The summed E-state index contributed by atoms with van der Waals surface area (Å²) in [5.74, 6) is 0.845. The van der Waals surface area contributed by atoms with E-state index in [1.165, 1.54) is 11.3 Å². The average molecular weight is 287 g/mol. The van der Waals surface area contributed by atoms with Crippen molar-refractivity contribution >= 4 is 27.2 Å². The second-order valence-electron chi connectivity index (χ2n) is 4.43. The molecule has 0 amide bonds. The second kappa shape index (κ2) is 3.76. The van der Waals surface area contributed by atoms with Gasteiger partial charge in [0.15, 0.2) is 17.2 Å². The molecular weight excluding hydrogens is 278 g/mol. The van der Waals surface area contributed by atoms with Crippen LogP contribution in [0.4, 0.5) is 0 Å². The van der Waals surface area contributed by atoms with Crippen LogP contribution in [0.5, 0.6) is 0 Å². The van der Waals surface area contributed by atoms with Gasteiger partial charge in [-0.05, 0) is 18.4 Å². The fraction of sp³-hybridized carbons (Fsp3) is 0.167. The Labute approximate surface area is 116 Å². The van der Waals surface area contributed by atoms with Crippen LogP contribution in [0.25, 0.3) is 27.4 Å². The van der Waals surface area contributed by atoms with E-state index in [2.05, 4.69) is 15.1 Å². The maximum Gasteiger partial charge on any atom is 0.280 e. The van der Waals surface area contributed by atoms with Crippen molar-refractivity contribution in [2.45, 2.75) is 6.92 Å². The van der Waals surface area contributed by atoms with E-state index in [4.69, 9.17) is 4.52 Å². The lowest BCUT2D eigenvalue weighted by atomic mass is 10.4. The minimum atomic E-state index is -0.0551. The first-order valence-corrected chi connectivity index (χ1v) is 6.78. The summed E-state index contributed by atoms with van der Waals surface area (Å²) in [6.45, 7) is 1.74. The van der Waals surface area contributed by atoms with Crippen molar-refractivity contribution in [2.24, 2.45) is 7.05 Å². The predicted octanol–water partition coefficient (Wildman–Crippen LogP) is 1.61. The van der Waals surface area contributed by atoms with Crippen molar-refractivity contribution < 1.29 is 4.52 Å². The van der Waals surface area contributed by atoms with Crippen molar-refractivity contribution in [3.05, 3.63) is 34.0 Å². The predicted molar refractivity (Wildman–Crippen MR) is 73.8 cm³/mol. The summed E-state index contributed by atoms with van der Waals surface area (Å²) in [7, 11) is 1.71. The van der Waals surface area contributed by atoms with E-state index in [9.17, 15) is 4.79 Å². The molecule has 0 spiro atoms. The van der Waals surface area contributed by atoms with Gasteiger partial charge in [0.2, 0.25) is 0 Å². The second-order valence-corrected chi connectivity index (χ2v) is 5.35. The number of aryl methyl sites for hydroxylation is 2. The molecule has 0 aliphatic rings. The van der Waals surface area contributed by atoms with E-state index in [0.29, 0.717) is 27.8 Å². The zero-order valence-electron chi connectivity index (χ0n) is 10.7. The largest absolute Gasteiger partial charge is 0.332 e. The van der Waals surface area contributed by atoms with Gasteiger partial charge < -0.3 is 4.52 Å². The van der Waals surface area contributed by atoms with Gasteiger partial charge in [0.05, 0.1) is 5.52 Å². The third kappa shape index (κ3) is 1.33. The molecule has 0 aliphatic carbocycles. The van der Waals surface area contributed by atoms with Crippen LogP contribution >= 0.6 is 11.3 Å². The highest BCUT2D eigenvalue weighted by molar-refractivity contribution is 7.17. The molecule has 0 saturated carbocycles. The third-order valence-electron chi connectivity index (χ3n) is 3.19. The van der Waals surface area contributed by atoms with Crippen LogP contribution in [0.15, 0.2) is 27.1 Å². The topological polar surface area (TPSA) is 78.2 Å². The van der Waals surface area contributed by atoms with E-state index in [1.807, 2.05) is 15.8 Å². The summed E-state index contributed by atoms with van der Waals surface area (Å²) in [6.07, 6.45) is 1.67. The van der Waals surface area contributed by atoms with Crippen LogP contribution in [0.2, 0.25) is 0 Å². The molecule has 0 aliphatic heterocycles. The van der Waals surface area contributed by atoms with Crippen LogP contribution in [0.1, 0.15) is 5.82 Å². The van der Waals surface area contributed by atoms with E-state index in [-0.39, 0.29) is 5.56 Å². The van der Waals surface area contributed by atoms with Gasteiger partial charge in [0.25, 0.3) is 11.4 Å². The molecule has 4 aromatic rings. The molecule has 0 fully saturated rings. The summed E-state index contributed by atoms with van der Waals surface area (Å²) in [5.41, 5.74) is 1.94. The maximum atomic E-state index is 12.4. The highest BCUT2D eigenvalue weighted by atomic mass is 32.1. The molecule has 0 N–H and O–H groups in total. The summed E-state index contributed by atoms with van der Waals surface area (Å²) < 4.78 is 9.27. The van der Waals surface area contributed by atoms with Crippen LogP contribution in [0.3, 0.4) is 0 Å². The van der Waals surface area contributed by atoms with Gasteiger partial charge in [-0.25, -0.2) is 4.98 Å². The van der Waals surface area contributed by atoms with Crippen LogP contribution in [-0.2, 0) is 7.05 Å². The Balaban J connectivity index is 2.20. The average Bonchev–Trinajstić information content (AvgIpc) is 3.12. The molecule has 0 aromatic carbocycles. The lowest BCUT2D eigenvalue weighted by Crippen LogP contribution is -2.18. The molecule has 4 rings (SSSR count). The molecule has 100 valence electrons. The molecule has 4 heterocycles. The molecule has 0 saturated heterocycles. The number of hydrogen-bond donors (Lipinski definition) is 0. The number of nitrogens with zero attached hydrogens (tertiary/aromatic N) is 5. The van der Waals surface area contributed by atoms with Crippen molar-refractivity contribution in [3.8, 4) is 11.6 Å². The Bertz CT molecular complexity index is 1010. The quantitative estimate of drug-likeness (QED) is 0.531. The zero-order valence-corrected chi connectivity index (χ0v) is 11.5. The molecule has 0 atom stereocenters. The highest BCUT2D eigenvalue weighted by Crippen LogP contribution is 2.25. The van der Waals surface area contributed by atoms with Gasteiger partial charge in [0.1, 0.15) is 11.0 Å². The van der Waals surface area contributed by atoms with Crippen molar-refractivity contribution in [2.75, 3.05) is 0 Å². The summed E-state index contributed by atoms with van der Waals surface area (Å²) >= 11 is 1.42. The molecule has 4 aromatic heterocycles. The fourth-order valence-electron chi connectivity index (χ4n) is 2.28. The van der Waals surface area contributed by atoms with E-state index < -0.39 is 0 Å². The molecule has 0 radical (unpaired) electrons. The Hall–Kier alpha value is -2.48. The minimum absolute atomic E-state index is 0.0551. The molecule has 8 heteroatoms. The maximum absolute atomic E-state index is 12.4. The number of thiophene rings is 1. The van der Waals surface area contributed by atoms with E-state index >= 15 is 0 Å². The smallest absolute Gasteiger partial charge is 0.280 e. The molecule has 0 unspecified atom stereocenters. The van der Waals surface area contributed by atoms with Crippen LogP contribution in [0, 0.1) is 6.92 Å². The van der Waals surface area contributed by atoms with Crippen molar-refractivity contribution in [1.29, 1.82) is 0 Å². The molecule has 20 heavy (non-hydrogen) atoms. The van der Waals surface area contributed by atoms with Crippen LogP contribution in [-0.4, -0.2) is 24.1 Å². The van der Waals surface area contributed by atoms with Gasteiger partial charge in [-0.15, -0.1) is 11.3 Å². The van der Waals surface area contributed by atoms with Gasteiger partial charge in [-0.2, -0.15) is 4.98 Å². The Morgan fingerprint density at radius 3 is 3.00 bits per heavy atom. The van der Waals surface area contributed by atoms with Gasteiger partial charge >= 0.3 is 0 Å². The summed E-state index contributed by atoms with van der Waals surface area (Å²) in [6, 6.07) is 1.90. The van der Waals surface area contributed by atoms with Crippen molar-refractivity contribution in [1.82, 2.24) is 24.1 Å². The van der Waals surface area contributed by atoms with Crippen molar-refractivity contribution in [3.63, 3.8) is 0 Å². The van der Waals surface area contributed by atoms with Crippen LogP contribution < -0.4 is 5.56 Å². The first kappa shape index (κ1) is 11.4. The Morgan fingerprint density at radius 2 is 2.25 bits per heavy atom. The van der Waals surface area contributed by atoms with Gasteiger partial charge in [-0.3, -0.25) is 13.8 Å². The summed E-state index contributed by atoms with van der Waals surface area (Å²) in [4.78, 5) is 20.9. The zero-order chi connectivity index (χ0) is 13.9. The lowest BCUT2D eigenvalue weighted by Gasteiger charge is -2.04. The highest BCUT2D eigenvalue weighted by Gasteiger charge is 2.19. The molecule has 7 nitrogen and oxygen atoms in total. The number of hydrogen-bond acceptors (Lipinski definition) is 6. The van der Waals surface area contributed by atoms with Gasteiger partial charge in [0, 0.05) is 7.05 Å². The Morgan fingerprint density at radius 1 is 1.40 bits per heavy atom. The first-order chi connectivity index (χ1) is 9.66. The number of imidazole rings is 1. The SMILES string of the molecule is Cc1noc(-c2ncn3c4ccsc4c(=O)n(C)c23)n1. The molecule has 0 bridgehead atoms. The third-order valence-corrected chi connectivity index (χ3v) is 4.08. The summed E-state index contributed by atoms with van der Waals surface area (Å²) in [5, 5.41) is 5.65. The monoisotopic (exact) mass is 287 g/mol. The molecular formula is C12H9N5O2S. The number of aromatic nitrogens is 5. The fourth-order valence-corrected chi connectivity index (χ4v) is 3.14. The first-order valence-electron chi connectivity index (χ1n) is 5.91. The normalized spacial score (nSPS) is 11.7. The minimum Gasteiger partial charge on any atom is -0.332 e. The standard InChI is InChI=1S/C12H9N5O2S/c1-6-14-10(19-15-6)8-11-16(2)12(18)9-7(3-4-20-9)17(11)5-13-8/h3-5H,1-2H3. The number of fused-ring (bicyclic) bond motifs is 3. The lowest BCUT2D eigenvalue weighted by molar-refractivity contribution is 0.424. The van der Waals surface area contributed by atoms with E-state index in [0.717, 1.165) is 5.52 Å². The Kier molecular flexibility index (Phi) is 2.14. The van der Waals surface area contributed by atoms with E-state index in [1.54, 1.807) is 24.9 Å². The number of rotatable bonds is 1.